The van der Waals surface area contributed by atoms with Crippen LogP contribution in [0.2, 0.25) is 0 Å². The Kier molecular flexibility index (Phi) is 7.76. The van der Waals surface area contributed by atoms with E-state index in [1.807, 2.05) is 30.3 Å². The average molecular weight is 311 g/mol. The molecule has 1 heterocycles. The van der Waals surface area contributed by atoms with Crippen molar-refractivity contribution in [1.29, 1.82) is 0 Å². The lowest BCUT2D eigenvalue weighted by atomic mass is 9.96. The van der Waals surface area contributed by atoms with Gasteiger partial charge in [-0.25, -0.2) is 0 Å². The Balaban J connectivity index is 0.00000220. The number of amides is 1. The molecule has 1 aliphatic heterocycles. The van der Waals surface area contributed by atoms with Crippen LogP contribution in [-0.2, 0) is 4.79 Å². The molecule has 1 aliphatic rings. The maximum Gasteiger partial charge on any atom is 0.224 e. The zero-order valence-electron chi connectivity index (χ0n) is 12.8. The molecule has 0 radical (unpaired) electrons. The van der Waals surface area contributed by atoms with Crippen LogP contribution in [0.5, 0.6) is 0 Å². The highest BCUT2D eigenvalue weighted by Crippen LogP contribution is 2.23. The Bertz CT molecular complexity index is 422. The van der Waals surface area contributed by atoms with Gasteiger partial charge >= 0.3 is 0 Å². The topological polar surface area (TPSA) is 46.3 Å². The molecule has 1 fully saturated rings. The molecule has 3 nitrogen and oxygen atoms in total. The van der Waals surface area contributed by atoms with Crippen molar-refractivity contribution in [3.63, 3.8) is 0 Å². The summed E-state index contributed by atoms with van der Waals surface area (Å²) in [6.07, 6.45) is 6.21. The molecule has 1 aromatic rings. The number of likely N-dealkylation sites (tertiary alicyclic amines) is 1. The van der Waals surface area contributed by atoms with Gasteiger partial charge in [-0.15, -0.1) is 12.4 Å². The van der Waals surface area contributed by atoms with Crippen LogP contribution in [0.25, 0.3) is 0 Å². The van der Waals surface area contributed by atoms with Crippen molar-refractivity contribution in [3.8, 4) is 0 Å². The zero-order valence-corrected chi connectivity index (χ0v) is 13.6. The third kappa shape index (κ3) is 5.01. The second-order valence-electron chi connectivity index (χ2n) is 5.75. The van der Waals surface area contributed by atoms with Crippen molar-refractivity contribution in [2.24, 2.45) is 5.73 Å². The Morgan fingerprint density at radius 3 is 2.71 bits per heavy atom. The summed E-state index contributed by atoms with van der Waals surface area (Å²) >= 11 is 0. The highest BCUT2D eigenvalue weighted by atomic mass is 35.5. The van der Waals surface area contributed by atoms with Gasteiger partial charge in [-0.3, -0.25) is 4.79 Å². The Morgan fingerprint density at radius 1 is 1.33 bits per heavy atom. The van der Waals surface area contributed by atoms with E-state index in [2.05, 4.69) is 11.8 Å². The van der Waals surface area contributed by atoms with Gasteiger partial charge in [-0.05, 0) is 31.2 Å². The van der Waals surface area contributed by atoms with E-state index in [0.717, 1.165) is 37.8 Å². The van der Waals surface area contributed by atoms with Gasteiger partial charge in [0.25, 0.3) is 0 Å². The van der Waals surface area contributed by atoms with E-state index >= 15 is 0 Å². The summed E-state index contributed by atoms with van der Waals surface area (Å²) in [7, 11) is 0. The highest BCUT2D eigenvalue weighted by Gasteiger charge is 2.26. The molecule has 21 heavy (non-hydrogen) atoms. The molecule has 2 N–H and O–H groups in total. The fourth-order valence-corrected chi connectivity index (χ4v) is 3.09. The standard InChI is InChI=1S/C17H26N2O.ClH/c1-2-8-15-11-6-7-12-19(15)17(20)13-16(18)14-9-4-3-5-10-14;/h3-5,9-10,15-16H,2,6-8,11-13,18H2,1H3;1H. The predicted molar refractivity (Wildman–Crippen MR) is 89.5 cm³/mol. The number of nitrogens with two attached hydrogens (primary N) is 1. The minimum absolute atomic E-state index is 0. The summed E-state index contributed by atoms with van der Waals surface area (Å²) in [4.78, 5) is 14.6. The van der Waals surface area contributed by atoms with Crippen molar-refractivity contribution >= 4 is 18.3 Å². The van der Waals surface area contributed by atoms with Gasteiger partial charge < -0.3 is 10.6 Å². The molecule has 118 valence electrons. The third-order valence-corrected chi connectivity index (χ3v) is 4.19. The molecule has 2 unspecified atom stereocenters. The van der Waals surface area contributed by atoms with Crippen LogP contribution in [0.4, 0.5) is 0 Å². The molecule has 1 saturated heterocycles. The zero-order chi connectivity index (χ0) is 14.4. The van der Waals surface area contributed by atoms with Crippen LogP contribution in [0.15, 0.2) is 30.3 Å². The van der Waals surface area contributed by atoms with Crippen LogP contribution < -0.4 is 5.73 Å². The minimum atomic E-state index is -0.187. The van der Waals surface area contributed by atoms with E-state index in [4.69, 9.17) is 5.73 Å². The van der Waals surface area contributed by atoms with Crippen molar-refractivity contribution in [2.45, 2.75) is 57.5 Å². The third-order valence-electron chi connectivity index (χ3n) is 4.19. The van der Waals surface area contributed by atoms with E-state index < -0.39 is 0 Å². The number of nitrogens with zero attached hydrogens (tertiary/aromatic N) is 1. The number of halogens is 1. The molecule has 1 amide bonds. The Morgan fingerprint density at radius 2 is 2.05 bits per heavy atom. The minimum Gasteiger partial charge on any atom is -0.340 e. The van der Waals surface area contributed by atoms with Crippen LogP contribution in [0.1, 0.15) is 57.1 Å². The Hall–Kier alpha value is -1.06. The lowest BCUT2D eigenvalue weighted by Gasteiger charge is -2.36. The lowest BCUT2D eigenvalue weighted by molar-refractivity contribution is -0.135. The number of hydrogen-bond acceptors (Lipinski definition) is 2. The molecular weight excluding hydrogens is 284 g/mol. The summed E-state index contributed by atoms with van der Waals surface area (Å²) in [5.74, 6) is 0.222. The summed E-state index contributed by atoms with van der Waals surface area (Å²) in [6.45, 7) is 3.10. The van der Waals surface area contributed by atoms with Gasteiger partial charge in [-0.1, -0.05) is 43.7 Å². The number of carbonyl (C=O) groups excluding carboxylic acids is 1. The van der Waals surface area contributed by atoms with Crippen molar-refractivity contribution in [3.05, 3.63) is 35.9 Å². The highest BCUT2D eigenvalue weighted by molar-refractivity contribution is 5.85. The van der Waals surface area contributed by atoms with Crippen molar-refractivity contribution in [2.75, 3.05) is 6.54 Å². The lowest BCUT2D eigenvalue weighted by Crippen LogP contribution is -2.44. The van der Waals surface area contributed by atoms with E-state index in [0.29, 0.717) is 12.5 Å². The van der Waals surface area contributed by atoms with E-state index in [-0.39, 0.29) is 24.4 Å². The molecule has 2 atom stereocenters. The number of carbonyl (C=O) groups is 1. The molecule has 0 aromatic heterocycles. The number of piperidine rings is 1. The molecule has 0 spiro atoms. The quantitative estimate of drug-likeness (QED) is 0.901. The first-order chi connectivity index (χ1) is 9.72. The van der Waals surface area contributed by atoms with Gasteiger partial charge in [0.15, 0.2) is 0 Å². The van der Waals surface area contributed by atoms with Gasteiger partial charge in [0.2, 0.25) is 5.91 Å². The van der Waals surface area contributed by atoms with Gasteiger partial charge in [0.05, 0.1) is 0 Å². The smallest absolute Gasteiger partial charge is 0.224 e. The molecule has 0 saturated carbocycles. The number of hydrogen-bond donors (Lipinski definition) is 1. The second kappa shape index (κ2) is 9.06. The van der Waals surface area contributed by atoms with Crippen molar-refractivity contribution in [1.82, 2.24) is 4.90 Å². The van der Waals surface area contributed by atoms with Crippen molar-refractivity contribution < 1.29 is 4.79 Å². The van der Waals surface area contributed by atoms with Crippen LogP contribution in [-0.4, -0.2) is 23.4 Å². The van der Waals surface area contributed by atoms with E-state index in [1.54, 1.807) is 0 Å². The summed E-state index contributed by atoms with van der Waals surface area (Å²) < 4.78 is 0. The molecule has 4 heteroatoms. The normalized spacial score (nSPS) is 19.7. The Labute approximate surface area is 134 Å². The number of rotatable bonds is 5. The number of benzene rings is 1. The van der Waals surface area contributed by atoms with Gasteiger partial charge in [0.1, 0.15) is 0 Å². The van der Waals surface area contributed by atoms with Crippen LogP contribution in [0, 0.1) is 0 Å². The van der Waals surface area contributed by atoms with Crippen LogP contribution in [0.3, 0.4) is 0 Å². The van der Waals surface area contributed by atoms with Crippen LogP contribution >= 0.6 is 12.4 Å². The molecular formula is C17H27ClN2O. The SMILES string of the molecule is CCCC1CCCCN1C(=O)CC(N)c1ccccc1.Cl. The monoisotopic (exact) mass is 310 g/mol. The largest absolute Gasteiger partial charge is 0.340 e. The maximum atomic E-state index is 12.5. The van der Waals surface area contributed by atoms with Gasteiger partial charge in [0, 0.05) is 25.0 Å². The first-order valence-corrected chi connectivity index (χ1v) is 7.82. The fourth-order valence-electron chi connectivity index (χ4n) is 3.09. The molecule has 2 rings (SSSR count). The maximum absolute atomic E-state index is 12.5. The van der Waals surface area contributed by atoms with E-state index in [1.165, 1.54) is 6.42 Å². The molecule has 1 aromatic carbocycles. The first kappa shape index (κ1) is 18.0. The summed E-state index contributed by atoms with van der Waals surface area (Å²) in [5.41, 5.74) is 7.22. The predicted octanol–water partition coefficient (Wildman–Crippen LogP) is 3.68. The molecule has 0 aliphatic carbocycles. The first-order valence-electron chi connectivity index (χ1n) is 7.82. The molecule has 0 bridgehead atoms. The van der Waals surface area contributed by atoms with Gasteiger partial charge in [-0.2, -0.15) is 0 Å². The average Bonchev–Trinajstić information content (AvgIpc) is 2.49. The summed E-state index contributed by atoms with van der Waals surface area (Å²) in [5, 5.41) is 0. The van der Waals surface area contributed by atoms with E-state index in [9.17, 15) is 4.79 Å². The second-order valence-corrected chi connectivity index (χ2v) is 5.75. The fraction of sp³-hybridized carbons (Fsp3) is 0.588. The summed E-state index contributed by atoms with van der Waals surface area (Å²) in [6, 6.07) is 10.2.